The number of aryl methyl sites for hydroxylation is 1. The lowest BCUT2D eigenvalue weighted by atomic mass is 10.1. The second kappa shape index (κ2) is 6.26. The minimum Gasteiger partial charge on any atom is -0.469 e. The van der Waals surface area contributed by atoms with Crippen molar-refractivity contribution in [3.05, 3.63) is 23.7 Å². The van der Waals surface area contributed by atoms with Crippen LogP contribution in [0.25, 0.3) is 0 Å². The van der Waals surface area contributed by atoms with E-state index in [9.17, 15) is 13.5 Å². The molecule has 1 aliphatic heterocycles. The van der Waals surface area contributed by atoms with Gasteiger partial charge in [-0.2, -0.15) is 17.0 Å². The number of furan rings is 1. The van der Waals surface area contributed by atoms with E-state index < -0.39 is 10.2 Å². The Bertz CT molecular complexity index is 540. The van der Waals surface area contributed by atoms with Crippen molar-refractivity contribution in [2.75, 3.05) is 20.2 Å². The quantitative estimate of drug-likeness (QED) is 0.884. The zero-order chi connectivity index (χ0) is 14.8. The molecule has 1 aromatic rings. The van der Waals surface area contributed by atoms with Crippen LogP contribution in [0.5, 0.6) is 0 Å². The lowest BCUT2D eigenvalue weighted by Gasteiger charge is -2.36. The lowest BCUT2D eigenvalue weighted by Crippen LogP contribution is -2.50. The zero-order valence-corrected chi connectivity index (χ0v) is 12.8. The van der Waals surface area contributed by atoms with Gasteiger partial charge in [0.05, 0.1) is 12.9 Å². The Morgan fingerprint density at radius 1 is 1.50 bits per heavy atom. The normalized spacial score (nSPS) is 21.5. The Hall–Kier alpha value is -0.890. The van der Waals surface area contributed by atoms with Crippen LogP contribution in [0.1, 0.15) is 30.6 Å². The van der Waals surface area contributed by atoms with Gasteiger partial charge in [0.25, 0.3) is 10.2 Å². The summed E-state index contributed by atoms with van der Waals surface area (Å²) in [5, 5.41) is 9.37. The summed E-state index contributed by atoms with van der Waals surface area (Å²) in [6.07, 6.45) is 4.08. The summed E-state index contributed by atoms with van der Waals surface area (Å²) in [5.41, 5.74) is 0.855. The first kappa shape index (κ1) is 15.5. The van der Waals surface area contributed by atoms with E-state index >= 15 is 0 Å². The van der Waals surface area contributed by atoms with Gasteiger partial charge in [-0.25, -0.2) is 0 Å². The van der Waals surface area contributed by atoms with Crippen molar-refractivity contribution in [3.63, 3.8) is 0 Å². The molecule has 20 heavy (non-hydrogen) atoms. The van der Waals surface area contributed by atoms with Gasteiger partial charge in [-0.1, -0.05) is 6.42 Å². The minimum absolute atomic E-state index is 0.127. The number of nitrogens with zero attached hydrogens (tertiary/aromatic N) is 2. The van der Waals surface area contributed by atoms with E-state index in [0.717, 1.165) is 24.2 Å². The highest BCUT2D eigenvalue weighted by molar-refractivity contribution is 7.86. The molecule has 0 saturated carbocycles. The molecular formula is C13H22N2O4S. The van der Waals surface area contributed by atoms with Crippen LogP contribution in [0.15, 0.2) is 16.7 Å². The highest BCUT2D eigenvalue weighted by atomic mass is 32.2. The van der Waals surface area contributed by atoms with Crippen molar-refractivity contribution in [3.8, 4) is 0 Å². The predicted molar refractivity (Wildman–Crippen MR) is 75.3 cm³/mol. The fourth-order valence-electron chi connectivity index (χ4n) is 2.54. The molecule has 6 nitrogen and oxygen atoms in total. The van der Waals surface area contributed by atoms with Gasteiger partial charge in [-0.05, 0) is 25.8 Å². The molecule has 0 aromatic carbocycles. The fourth-order valence-corrected chi connectivity index (χ4v) is 4.11. The summed E-state index contributed by atoms with van der Waals surface area (Å²) in [5.74, 6) is 0.726. The predicted octanol–water partition coefficient (Wildman–Crippen LogP) is 1.11. The first-order chi connectivity index (χ1) is 9.46. The molecule has 114 valence electrons. The first-order valence-corrected chi connectivity index (χ1v) is 8.23. The van der Waals surface area contributed by atoms with Crippen molar-refractivity contribution in [2.24, 2.45) is 0 Å². The maximum absolute atomic E-state index is 12.6. The third-order valence-electron chi connectivity index (χ3n) is 3.83. The average molecular weight is 302 g/mol. The molecule has 2 heterocycles. The number of hydrogen-bond donors (Lipinski definition) is 1. The topological polar surface area (TPSA) is 74.0 Å². The van der Waals surface area contributed by atoms with Crippen LogP contribution >= 0.6 is 0 Å². The van der Waals surface area contributed by atoms with E-state index in [0.29, 0.717) is 13.0 Å². The third kappa shape index (κ3) is 3.06. The highest BCUT2D eigenvalue weighted by Crippen LogP contribution is 2.23. The van der Waals surface area contributed by atoms with E-state index in [-0.39, 0.29) is 19.2 Å². The van der Waals surface area contributed by atoms with Crippen LogP contribution in [0.4, 0.5) is 0 Å². The molecule has 1 aromatic heterocycles. The number of rotatable bonds is 5. The van der Waals surface area contributed by atoms with Crippen LogP contribution in [-0.2, 0) is 16.8 Å². The maximum Gasteiger partial charge on any atom is 0.282 e. The third-order valence-corrected chi connectivity index (χ3v) is 5.82. The monoisotopic (exact) mass is 302 g/mol. The lowest BCUT2D eigenvalue weighted by molar-refractivity contribution is 0.148. The standard InChI is InChI=1S/C13H22N2O4S/c1-11-12(6-8-19-11)9-14(2)20(17,18)15-7-4-3-5-13(15)10-16/h6,8,13,16H,3-5,7,9-10H2,1-2H3. The number of aliphatic hydroxyl groups excluding tert-OH is 1. The van der Waals surface area contributed by atoms with Gasteiger partial charge in [0.15, 0.2) is 0 Å². The molecule has 0 bridgehead atoms. The molecule has 1 aliphatic rings. The van der Waals surface area contributed by atoms with E-state index in [4.69, 9.17) is 4.42 Å². The van der Waals surface area contributed by atoms with E-state index in [1.165, 1.54) is 8.61 Å². The molecular weight excluding hydrogens is 280 g/mol. The van der Waals surface area contributed by atoms with E-state index in [1.807, 2.05) is 6.92 Å². The summed E-state index contributed by atoms with van der Waals surface area (Å²) in [6.45, 7) is 2.44. The molecule has 1 saturated heterocycles. The van der Waals surface area contributed by atoms with Gasteiger partial charge in [-0.15, -0.1) is 0 Å². The Kier molecular flexibility index (Phi) is 4.85. The number of hydrogen-bond acceptors (Lipinski definition) is 4. The van der Waals surface area contributed by atoms with Gasteiger partial charge in [0, 0.05) is 31.7 Å². The van der Waals surface area contributed by atoms with Gasteiger partial charge < -0.3 is 9.52 Å². The Morgan fingerprint density at radius 2 is 2.25 bits per heavy atom. The summed E-state index contributed by atoms with van der Waals surface area (Å²) in [4.78, 5) is 0. The number of aliphatic hydroxyl groups is 1. The zero-order valence-electron chi connectivity index (χ0n) is 11.9. The Labute approximate surface area is 120 Å². The fraction of sp³-hybridized carbons (Fsp3) is 0.692. The molecule has 0 aliphatic carbocycles. The minimum atomic E-state index is -3.55. The summed E-state index contributed by atoms with van der Waals surface area (Å²) >= 11 is 0. The van der Waals surface area contributed by atoms with Gasteiger partial charge in [-0.3, -0.25) is 0 Å². The second-order valence-electron chi connectivity index (χ2n) is 5.21. The second-order valence-corrected chi connectivity index (χ2v) is 7.20. The van der Waals surface area contributed by atoms with Crippen molar-refractivity contribution in [1.29, 1.82) is 0 Å². The largest absolute Gasteiger partial charge is 0.469 e. The van der Waals surface area contributed by atoms with Gasteiger partial charge in [0.1, 0.15) is 5.76 Å². The molecule has 0 radical (unpaired) electrons. The molecule has 2 rings (SSSR count). The SMILES string of the molecule is Cc1occc1CN(C)S(=O)(=O)N1CCCCC1CO. The van der Waals surface area contributed by atoms with Crippen LogP contribution in [0.2, 0.25) is 0 Å². The van der Waals surface area contributed by atoms with E-state index in [2.05, 4.69) is 0 Å². The molecule has 1 N–H and O–H groups in total. The van der Waals surface area contributed by atoms with Crippen LogP contribution in [-0.4, -0.2) is 48.4 Å². The first-order valence-electron chi connectivity index (χ1n) is 6.83. The van der Waals surface area contributed by atoms with Gasteiger partial charge in [0.2, 0.25) is 0 Å². The van der Waals surface area contributed by atoms with Crippen LogP contribution < -0.4 is 0 Å². The van der Waals surface area contributed by atoms with Crippen molar-refractivity contribution in [2.45, 2.75) is 38.8 Å². The molecule has 0 spiro atoms. The molecule has 1 atom stereocenters. The Balaban J connectivity index is 2.14. The molecule has 7 heteroatoms. The van der Waals surface area contributed by atoms with E-state index in [1.54, 1.807) is 19.4 Å². The summed E-state index contributed by atoms with van der Waals surface area (Å²) < 4.78 is 33.1. The molecule has 0 amide bonds. The smallest absolute Gasteiger partial charge is 0.282 e. The highest BCUT2D eigenvalue weighted by Gasteiger charge is 2.34. The number of piperidine rings is 1. The van der Waals surface area contributed by atoms with Crippen molar-refractivity contribution in [1.82, 2.24) is 8.61 Å². The van der Waals surface area contributed by atoms with Crippen molar-refractivity contribution < 1.29 is 17.9 Å². The Morgan fingerprint density at radius 3 is 2.85 bits per heavy atom. The van der Waals surface area contributed by atoms with Crippen LogP contribution in [0, 0.1) is 6.92 Å². The molecule has 1 unspecified atom stereocenters. The van der Waals surface area contributed by atoms with Crippen molar-refractivity contribution >= 4 is 10.2 Å². The summed E-state index contributed by atoms with van der Waals surface area (Å²) in [6, 6.07) is 1.47. The van der Waals surface area contributed by atoms with Gasteiger partial charge >= 0.3 is 0 Å². The van der Waals surface area contributed by atoms with Crippen LogP contribution in [0.3, 0.4) is 0 Å². The maximum atomic E-state index is 12.6. The average Bonchev–Trinajstić information content (AvgIpc) is 2.84. The summed E-state index contributed by atoms with van der Waals surface area (Å²) in [7, 11) is -1.99. The molecule has 1 fully saturated rings.